The van der Waals surface area contributed by atoms with E-state index in [1.54, 1.807) is 24.9 Å². The number of nitrogens with one attached hydrogen (secondary N) is 2. The molecule has 1 saturated heterocycles. The summed E-state index contributed by atoms with van der Waals surface area (Å²) < 4.78 is 0. The Kier molecular flexibility index (Phi) is 3.85. The molecule has 1 heterocycles. The molecular formula is C10H13BrN2O3. The lowest BCUT2D eigenvalue weighted by Crippen LogP contribution is -2.64. The average molecular weight is 289 g/mol. The lowest BCUT2D eigenvalue weighted by atomic mass is 9.72. The zero-order chi connectivity index (χ0) is 12.3. The first-order chi connectivity index (χ1) is 7.45. The van der Waals surface area contributed by atoms with E-state index in [-0.39, 0.29) is 12.3 Å². The molecule has 0 radical (unpaired) electrons. The number of rotatable bonds is 3. The maximum Gasteiger partial charge on any atom is 0.328 e. The molecule has 0 aromatic heterocycles. The summed E-state index contributed by atoms with van der Waals surface area (Å²) >= 11 is 3.09. The molecule has 0 atom stereocenters. The van der Waals surface area contributed by atoms with Crippen molar-refractivity contribution in [1.82, 2.24) is 10.6 Å². The summed E-state index contributed by atoms with van der Waals surface area (Å²) in [6.07, 6.45) is 1.93. The Hall–Kier alpha value is -1.17. The molecule has 1 aliphatic heterocycles. The summed E-state index contributed by atoms with van der Waals surface area (Å²) in [5.41, 5.74) is -1.21. The van der Waals surface area contributed by atoms with Crippen LogP contribution in [0.15, 0.2) is 11.1 Å². The van der Waals surface area contributed by atoms with Gasteiger partial charge in [-0.05, 0) is 17.3 Å². The van der Waals surface area contributed by atoms with Gasteiger partial charge in [-0.1, -0.05) is 35.9 Å². The molecule has 0 spiro atoms. The van der Waals surface area contributed by atoms with Gasteiger partial charge < -0.3 is 0 Å². The number of urea groups is 1. The number of carbonyl (C=O) groups is 3. The van der Waals surface area contributed by atoms with Crippen LogP contribution >= 0.6 is 15.9 Å². The van der Waals surface area contributed by atoms with Crippen LogP contribution in [0.4, 0.5) is 4.79 Å². The Morgan fingerprint density at radius 2 is 1.75 bits per heavy atom. The molecule has 4 amide bonds. The number of hydrogen-bond donors (Lipinski definition) is 2. The maximum absolute atomic E-state index is 11.8. The zero-order valence-electron chi connectivity index (χ0n) is 9.04. The Bertz CT molecular complexity index is 343. The van der Waals surface area contributed by atoms with Gasteiger partial charge in [0.2, 0.25) is 11.8 Å². The molecule has 6 heteroatoms. The van der Waals surface area contributed by atoms with E-state index in [4.69, 9.17) is 0 Å². The smallest absolute Gasteiger partial charge is 0.277 e. The molecular weight excluding hydrogens is 276 g/mol. The highest BCUT2D eigenvalue weighted by Gasteiger charge is 2.51. The van der Waals surface area contributed by atoms with Crippen LogP contribution in [0, 0.1) is 11.3 Å². The second-order valence-electron chi connectivity index (χ2n) is 3.93. The van der Waals surface area contributed by atoms with Crippen molar-refractivity contribution in [2.24, 2.45) is 11.3 Å². The summed E-state index contributed by atoms with van der Waals surface area (Å²) in [5.74, 6) is -1.28. The Labute approximate surface area is 102 Å². The summed E-state index contributed by atoms with van der Waals surface area (Å²) in [5, 5.41) is 4.26. The molecule has 1 aliphatic rings. The zero-order valence-corrected chi connectivity index (χ0v) is 10.6. The van der Waals surface area contributed by atoms with Crippen molar-refractivity contribution in [2.45, 2.75) is 20.3 Å². The minimum Gasteiger partial charge on any atom is -0.277 e. The third kappa shape index (κ3) is 2.02. The van der Waals surface area contributed by atoms with E-state index in [0.29, 0.717) is 0 Å². The van der Waals surface area contributed by atoms with Gasteiger partial charge in [-0.3, -0.25) is 20.2 Å². The quantitative estimate of drug-likeness (QED) is 0.769. The van der Waals surface area contributed by atoms with E-state index >= 15 is 0 Å². The van der Waals surface area contributed by atoms with Crippen LogP contribution in [-0.2, 0) is 9.59 Å². The number of amides is 4. The first kappa shape index (κ1) is 12.9. The van der Waals surface area contributed by atoms with Gasteiger partial charge in [0.05, 0.1) is 0 Å². The van der Waals surface area contributed by atoms with Crippen LogP contribution in [0.25, 0.3) is 0 Å². The van der Waals surface area contributed by atoms with Gasteiger partial charge in [0, 0.05) is 0 Å². The molecule has 0 bridgehead atoms. The van der Waals surface area contributed by atoms with Crippen molar-refractivity contribution >= 4 is 33.8 Å². The number of halogens is 1. The fourth-order valence-corrected chi connectivity index (χ4v) is 1.93. The lowest BCUT2D eigenvalue weighted by molar-refractivity contribution is -0.147. The number of imide groups is 2. The minimum absolute atomic E-state index is 0.204. The highest BCUT2D eigenvalue weighted by Crippen LogP contribution is 2.34. The lowest BCUT2D eigenvalue weighted by Gasteiger charge is -2.36. The molecule has 1 rings (SSSR count). The van der Waals surface area contributed by atoms with E-state index in [2.05, 4.69) is 26.6 Å². The van der Waals surface area contributed by atoms with E-state index < -0.39 is 23.3 Å². The Morgan fingerprint density at radius 1 is 1.25 bits per heavy atom. The van der Waals surface area contributed by atoms with Crippen LogP contribution in [0.3, 0.4) is 0 Å². The molecule has 0 aromatic rings. The van der Waals surface area contributed by atoms with Crippen molar-refractivity contribution in [2.75, 3.05) is 0 Å². The number of hydrogen-bond acceptors (Lipinski definition) is 3. The fraction of sp³-hybridized carbons (Fsp3) is 0.500. The van der Waals surface area contributed by atoms with Crippen molar-refractivity contribution in [3.63, 3.8) is 0 Å². The van der Waals surface area contributed by atoms with E-state index in [0.717, 1.165) is 0 Å². The summed E-state index contributed by atoms with van der Waals surface area (Å²) in [6, 6.07) is -0.755. The summed E-state index contributed by atoms with van der Waals surface area (Å²) in [7, 11) is 0. The van der Waals surface area contributed by atoms with Crippen molar-refractivity contribution < 1.29 is 14.4 Å². The SMILES string of the molecule is CC(C)C1(CC=CBr)C(=O)NC(=O)NC1=O. The van der Waals surface area contributed by atoms with Crippen molar-refractivity contribution in [3.8, 4) is 0 Å². The second-order valence-corrected chi connectivity index (χ2v) is 4.46. The van der Waals surface area contributed by atoms with Gasteiger partial charge in [-0.2, -0.15) is 0 Å². The highest BCUT2D eigenvalue weighted by atomic mass is 79.9. The molecule has 2 N–H and O–H groups in total. The molecule has 0 saturated carbocycles. The molecule has 16 heavy (non-hydrogen) atoms. The van der Waals surface area contributed by atoms with Crippen LogP contribution < -0.4 is 10.6 Å². The summed E-state index contributed by atoms with van der Waals surface area (Å²) in [4.78, 5) is 36.3. The first-order valence-electron chi connectivity index (χ1n) is 4.87. The number of carbonyl (C=O) groups excluding carboxylic acids is 3. The van der Waals surface area contributed by atoms with E-state index in [1.165, 1.54) is 0 Å². The molecule has 0 aromatic carbocycles. The third-order valence-corrected chi connectivity index (χ3v) is 3.15. The predicted octanol–water partition coefficient (Wildman–Crippen LogP) is 1.29. The van der Waals surface area contributed by atoms with Crippen molar-refractivity contribution in [1.29, 1.82) is 0 Å². The van der Waals surface area contributed by atoms with Gasteiger partial charge in [-0.15, -0.1) is 0 Å². The first-order valence-corrected chi connectivity index (χ1v) is 5.78. The molecule has 5 nitrogen and oxygen atoms in total. The topological polar surface area (TPSA) is 75.3 Å². The monoisotopic (exact) mass is 288 g/mol. The maximum atomic E-state index is 11.8. The van der Waals surface area contributed by atoms with Gasteiger partial charge in [0.1, 0.15) is 5.41 Å². The standard InChI is InChI=1S/C10H13BrN2O3/c1-6(2)10(4-3-5-11)7(14)12-9(16)13-8(10)15/h3,5-6H,4H2,1-2H3,(H2,12,13,14,15,16). The number of barbiturate groups is 1. The molecule has 0 aliphatic carbocycles. The second kappa shape index (κ2) is 4.78. The molecule has 1 fully saturated rings. The van der Waals surface area contributed by atoms with Crippen molar-refractivity contribution in [3.05, 3.63) is 11.1 Å². The van der Waals surface area contributed by atoms with Crippen LogP contribution in [0.1, 0.15) is 20.3 Å². The van der Waals surface area contributed by atoms with Gasteiger partial charge in [0.15, 0.2) is 0 Å². The van der Waals surface area contributed by atoms with E-state index in [9.17, 15) is 14.4 Å². The van der Waals surface area contributed by atoms with E-state index in [1.807, 2.05) is 0 Å². The minimum atomic E-state index is -1.21. The Balaban J connectivity index is 3.11. The highest BCUT2D eigenvalue weighted by molar-refractivity contribution is 9.11. The van der Waals surface area contributed by atoms with Gasteiger partial charge >= 0.3 is 6.03 Å². The third-order valence-electron chi connectivity index (χ3n) is 2.78. The van der Waals surface area contributed by atoms with Crippen LogP contribution in [0.2, 0.25) is 0 Å². The average Bonchev–Trinajstić information content (AvgIpc) is 2.16. The van der Waals surface area contributed by atoms with Crippen LogP contribution in [-0.4, -0.2) is 17.8 Å². The fourth-order valence-electron chi connectivity index (χ4n) is 1.74. The molecule has 88 valence electrons. The molecule has 0 unspecified atom stereocenters. The number of allylic oxidation sites excluding steroid dienone is 1. The van der Waals surface area contributed by atoms with Crippen LogP contribution in [0.5, 0.6) is 0 Å². The largest absolute Gasteiger partial charge is 0.328 e. The van der Waals surface area contributed by atoms with Gasteiger partial charge in [-0.25, -0.2) is 4.79 Å². The van der Waals surface area contributed by atoms with Gasteiger partial charge in [0.25, 0.3) is 0 Å². The summed E-state index contributed by atoms with van der Waals surface area (Å²) in [6.45, 7) is 3.55. The predicted molar refractivity (Wildman–Crippen MR) is 61.6 cm³/mol. The normalized spacial score (nSPS) is 20.1. The Morgan fingerprint density at radius 3 is 2.12 bits per heavy atom.